The Labute approximate surface area is 83.1 Å². The summed E-state index contributed by atoms with van der Waals surface area (Å²) in [5.41, 5.74) is 5.82. The van der Waals surface area contributed by atoms with Gasteiger partial charge in [-0.2, -0.15) is 5.10 Å². The Hall–Kier alpha value is -1.36. The lowest BCUT2D eigenvalue weighted by atomic mass is 10.00. The van der Waals surface area contributed by atoms with Gasteiger partial charge in [0.1, 0.15) is 0 Å². The van der Waals surface area contributed by atoms with Crippen molar-refractivity contribution in [2.45, 2.75) is 32.7 Å². The van der Waals surface area contributed by atoms with Crippen molar-refractivity contribution in [3.63, 3.8) is 0 Å². The smallest absolute Gasteiger partial charge is 0.245 e. The third kappa shape index (κ3) is 2.32. The highest BCUT2D eigenvalue weighted by Crippen LogP contribution is 2.10. The molecule has 1 rings (SSSR count). The van der Waals surface area contributed by atoms with Gasteiger partial charge in [0, 0.05) is 11.8 Å². The molecule has 0 fully saturated rings. The van der Waals surface area contributed by atoms with Gasteiger partial charge in [0.25, 0.3) is 0 Å². The molecule has 1 aromatic rings. The lowest BCUT2D eigenvalue weighted by Crippen LogP contribution is -2.47. The number of carbonyl (C=O) groups excluding carboxylic acids is 1. The Morgan fingerprint density at radius 2 is 2.43 bits per heavy atom. The molecule has 4 N–H and O–H groups in total. The molecule has 1 aromatic heterocycles. The fraction of sp³-hybridized carbons (Fsp3) is 0.556. The van der Waals surface area contributed by atoms with E-state index in [4.69, 9.17) is 5.73 Å². The molecule has 0 aromatic carbocycles. The van der Waals surface area contributed by atoms with Gasteiger partial charge in [-0.1, -0.05) is 6.92 Å². The van der Waals surface area contributed by atoms with Gasteiger partial charge in [0.05, 0.1) is 5.54 Å². The molecule has 0 spiro atoms. The summed E-state index contributed by atoms with van der Waals surface area (Å²) < 4.78 is 0. The third-order valence-electron chi connectivity index (χ3n) is 2.20. The first kappa shape index (κ1) is 10.7. The average molecular weight is 196 g/mol. The van der Waals surface area contributed by atoms with Crippen molar-refractivity contribution >= 4 is 11.7 Å². The first-order chi connectivity index (χ1) is 6.45. The molecule has 0 saturated carbocycles. The monoisotopic (exact) mass is 196 g/mol. The lowest BCUT2D eigenvalue weighted by molar-refractivity contribution is -0.120. The molecule has 14 heavy (non-hydrogen) atoms. The minimum atomic E-state index is -0.840. The number of aryl methyl sites for hydroxylation is 1. The summed E-state index contributed by atoms with van der Waals surface area (Å²) in [4.78, 5) is 11.6. The molecule has 0 aliphatic heterocycles. The van der Waals surface area contributed by atoms with E-state index in [9.17, 15) is 4.79 Å². The molecule has 0 aliphatic carbocycles. The summed E-state index contributed by atoms with van der Waals surface area (Å²) in [6.07, 6.45) is 0.586. The van der Waals surface area contributed by atoms with Crippen molar-refractivity contribution in [1.82, 2.24) is 10.2 Å². The molecule has 0 bridgehead atoms. The van der Waals surface area contributed by atoms with E-state index in [1.807, 2.05) is 13.8 Å². The number of nitrogens with zero attached hydrogens (tertiary/aromatic N) is 1. The zero-order valence-corrected chi connectivity index (χ0v) is 8.72. The number of rotatable bonds is 3. The van der Waals surface area contributed by atoms with Crippen molar-refractivity contribution < 1.29 is 4.79 Å². The predicted molar refractivity (Wildman–Crippen MR) is 54.8 cm³/mol. The van der Waals surface area contributed by atoms with Crippen LogP contribution in [0.5, 0.6) is 0 Å². The highest BCUT2D eigenvalue weighted by atomic mass is 16.2. The molecule has 1 heterocycles. The summed E-state index contributed by atoms with van der Waals surface area (Å²) >= 11 is 0. The average Bonchev–Trinajstić information content (AvgIpc) is 2.51. The van der Waals surface area contributed by atoms with Gasteiger partial charge in [0.2, 0.25) is 5.91 Å². The Bertz CT molecular complexity index is 329. The van der Waals surface area contributed by atoms with E-state index in [2.05, 4.69) is 15.5 Å². The van der Waals surface area contributed by atoms with Crippen LogP contribution in [0.1, 0.15) is 26.0 Å². The van der Waals surface area contributed by atoms with Crippen molar-refractivity contribution in [3.05, 3.63) is 11.8 Å². The molecule has 5 nitrogen and oxygen atoms in total. The van der Waals surface area contributed by atoms with Crippen LogP contribution in [0.3, 0.4) is 0 Å². The number of aromatic amines is 1. The van der Waals surface area contributed by atoms with Crippen LogP contribution >= 0.6 is 0 Å². The van der Waals surface area contributed by atoms with Gasteiger partial charge in [-0.05, 0) is 20.3 Å². The normalized spacial score (nSPS) is 14.9. The van der Waals surface area contributed by atoms with Gasteiger partial charge < -0.3 is 11.1 Å². The Balaban J connectivity index is 2.66. The van der Waals surface area contributed by atoms with Gasteiger partial charge >= 0.3 is 0 Å². The largest absolute Gasteiger partial charge is 0.318 e. The second-order valence-electron chi connectivity index (χ2n) is 3.66. The van der Waals surface area contributed by atoms with Crippen LogP contribution in [0.25, 0.3) is 0 Å². The number of anilines is 1. The molecule has 1 atom stereocenters. The summed E-state index contributed by atoms with van der Waals surface area (Å²) in [6.45, 7) is 5.43. The standard InChI is InChI=1S/C9H16N4O/c1-4-9(3,10)8(14)11-7-5-6(2)12-13-7/h5H,4,10H2,1-3H3,(H2,11,12,13,14). The van der Waals surface area contributed by atoms with Crippen LogP contribution in [0.4, 0.5) is 5.82 Å². The van der Waals surface area contributed by atoms with Crippen molar-refractivity contribution in [2.24, 2.45) is 5.73 Å². The first-order valence-electron chi connectivity index (χ1n) is 4.58. The van der Waals surface area contributed by atoms with Crippen LogP contribution in [0, 0.1) is 6.92 Å². The van der Waals surface area contributed by atoms with Gasteiger partial charge in [-0.15, -0.1) is 0 Å². The van der Waals surface area contributed by atoms with Gasteiger partial charge in [-0.3, -0.25) is 9.89 Å². The molecular formula is C9H16N4O. The van der Waals surface area contributed by atoms with E-state index in [1.54, 1.807) is 13.0 Å². The summed E-state index contributed by atoms with van der Waals surface area (Å²) in [6, 6.07) is 1.75. The van der Waals surface area contributed by atoms with E-state index in [0.717, 1.165) is 5.69 Å². The Morgan fingerprint density at radius 3 is 2.86 bits per heavy atom. The Kier molecular flexibility index (Phi) is 2.90. The fourth-order valence-electron chi connectivity index (χ4n) is 0.902. The van der Waals surface area contributed by atoms with E-state index < -0.39 is 5.54 Å². The van der Waals surface area contributed by atoms with E-state index in [-0.39, 0.29) is 5.91 Å². The highest BCUT2D eigenvalue weighted by Gasteiger charge is 2.26. The maximum absolute atomic E-state index is 11.6. The Morgan fingerprint density at radius 1 is 1.79 bits per heavy atom. The zero-order valence-electron chi connectivity index (χ0n) is 8.72. The van der Waals surface area contributed by atoms with E-state index >= 15 is 0 Å². The van der Waals surface area contributed by atoms with Crippen molar-refractivity contribution in [3.8, 4) is 0 Å². The summed E-state index contributed by atoms with van der Waals surface area (Å²) in [5, 5.41) is 9.28. The van der Waals surface area contributed by atoms with Crippen LogP contribution in [0.15, 0.2) is 6.07 Å². The first-order valence-corrected chi connectivity index (χ1v) is 4.58. The van der Waals surface area contributed by atoms with Crippen LogP contribution in [-0.4, -0.2) is 21.6 Å². The topological polar surface area (TPSA) is 83.8 Å². The number of aromatic nitrogens is 2. The number of hydrogen-bond acceptors (Lipinski definition) is 3. The SMILES string of the molecule is CCC(C)(N)C(=O)Nc1cc(C)[nH]n1. The van der Waals surface area contributed by atoms with E-state index in [1.165, 1.54) is 0 Å². The second-order valence-corrected chi connectivity index (χ2v) is 3.66. The van der Waals surface area contributed by atoms with E-state index in [0.29, 0.717) is 12.2 Å². The number of amides is 1. The molecule has 1 amide bonds. The van der Waals surface area contributed by atoms with Crippen molar-refractivity contribution in [1.29, 1.82) is 0 Å². The molecule has 0 radical (unpaired) electrons. The number of H-pyrrole nitrogens is 1. The molecule has 1 unspecified atom stereocenters. The van der Waals surface area contributed by atoms with Crippen molar-refractivity contribution in [2.75, 3.05) is 5.32 Å². The maximum Gasteiger partial charge on any atom is 0.245 e. The minimum Gasteiger partial charge on any atom is -0.318 e. The molecule has 78 valence electrons. The predicted octanol–water partition coefficient (Wildman–Crippen LogP) is 0.784. The third-order valence-corrected chi connectivity index (χ3v) is 2.20. The molecule has 5 heteroatoms. The summed E-state index contributed by atoms with van der Waals surface area (Å²) in [5.74, 6) is 0.295. The number of carbonyl (C=O) groups is 1. The molecule has 0 aliphatic rings. The van der Waals surface area contributed by atoms with Crippen LogP contribution in [-0.2, 0) is 4.79 Å². The number of hydrogen-bond donors (Lipinski definition) is 3. The lowest BCUT2D eigenvalue weighted by Gasteiger charge is -2.20. The summed E-state index contributed by atoms with van der Waals surface area (Å²) in [7, 11) is 0. The number of nitrogens with two attached hydrogens (primary N) is 1. The van der Waals surface area contributed by atoms with Gasteiger partial charge in [-0.25, -0.2) is 0 Å². The maximum atomic E-state index is 11.6. The minimum absolute atomic E-state index is 0.216. The molecular weight excluding hydrogens is 180 g/mol. The highest BCUT2D eigenvalue weighted by molar-refractivity contribution is 5.96. The zero-order chi connectivity index (χ0) is 10.8. The number of nitrogens with one attached hydrogen (secondary N) is 2. The van der Waals surface area contributed by atoms with Gasteiger partial charge in [0.15, 0.2) is 5.82 Å². The second kappa shape index (κ2) is 3.79. The molecule has 0 saturated heterocycles. The van der Waals surface area contributed by atoms with Crippen LogP contribution < -0.4 is 11.1 Å². The quantitative estimate of drug-likeness (QED) is 0.668. The van der Waals surface area contributed by atoms with Crippen LogP contribution in [0.2, 0.25) is 0 Å². The fourth-order valence-corrected chi connectivity index (χ4v) is 0.902.